The summed E-state index contributed by atoms with van der Waals surface area (Å²) in [6.45, 7) is 4.35. The third-order valence-corrected chi connectivity index (χ3v) is 3.18. The van der Waals surface area contributed by atoms with Gasteiger partial charge in [0, 0.05) is 36.8 Å². The standard InChI is InChI=1S/C13H17N3O2.ClH/c1-9-8-15-6-7-16(9)13(18)11-4-2-10(3-5-11)12(14)17;/h2-5,9,15H,6-8H2,1H3,(H2,14,17);1H. The number of nitrogens with zero attached hydrogens (tertiary/aromatic N) is 1. The normalized spacial score (nSPS) is 18.6. The van der Waals surface area contributed by atoms with Crippen molar-refractivity contribution in [2.24, 2.45) is 5.73 Å². The second-order valence-electron chi connectivity index (χ2n) is 4.49. The maximum atomic E-state index is 12.3. The van der Waals surface area contributed by atoms with Gasteiger partial charge < -0.3 is 16.0 Å². The summed E-state index contributed by atoms with van der Waals surface area (Å²) in [5.41, 5.74) is 6.17. The molecule has 5 nitrogen and oxygen atoms in total. The molecule has 1 aromatic rings. The van der Waals surface area contributed by atoms with Gasteiger partial charge in [-0.3, -0.25) is 9.59 Å². The molecule has 0 bridgehead atoms. The van der Waals surface area contributed by atoms with Gasteiger partial charge in [0.2, 0.25) is 5.91 Å². The van der Waals surface area contributed by atoms with E-state index in [1.54, 1.807) is 24.3 Å². The molecule has 6 heteroatoms. The molecule has 0 aliphatic carbocycles. The zero-order chi connectivity index (χ0) is 13.1. The molecule has 0 saturated carbocycles. The number of benzene rings is 1. The lowest BCUT2D eigenvalue weighted by Crippen LogP contribution is -2.52. The average molecular weight is 284 g/mol. The number of nitrogens with one attached hydrogen (secondary N) is 1. The number of nitrogens with two attached hydrogens (primary N) is 1. The fourth-order valence-corrected chi connectivity index (χ4v) is 2.09. The molecular weight excluding hydrogens is 266 g/mol. The Bertz CT molecular complexity index is 461. The van der Waals surface area contributed by atoms with Crippen LogP contribution in [0.15, 0.2) is 24.3 Å². The molecule has 1 fully saturated rings. The molecule has 0 radical (unpaired) electrons. The summed E-state index contributed by atoms with van der Waals surface area (Å²) in [7, 11) is 0. The zero-order valence-corrected chi connectivity index (χ0v) is 11.6. The minimum atomic E-state index is -0.482. The van der Waals surface area contributed by atoms with Gasteiger partial charge in [-0.15, -0.1) is 12.4 Å². The first kappa shape index (κ1) is 15.5. The minimum Gasteiger partial charge on any atom is -0.366 e. The van der Waals surface area contributed by atoms with Crippen molar-refractivity contribution in [1.29, 1.82) is 0 Å². The van der Waals surface area contributed by atoms with E-state index in [0.717, 1.165) is 13.1 Å². The van der Waals surface area contributed by atoms with E-state index in [4.69, 9.17) is 5.73 Å². The van der Waals surface area contributed by atoms with Crippen LogP contribution >= 0.6 is 12.4 Å². The van der Waals surface area contributed by atoms with E-state index < -0.39 is 5.91 Å². The maximum Gasteiger partial charge on any atom is 0.254 e. The number of hydrogen-bond donors (Lipinski definition) is 2. The van der Waals surface area contributed by atoms with Gasteiger partial charge >= 0.3 is 0 Å². The van der Waals surface area contributed by atoms with Crippen molar-refractivity contribution >= 4 is 24.2 Å². The van der Waals surface area contributed by atoms with Crippen LogP contribution in [0, 0.1) is 0 Å². The van der Waals surface area contributed by atoms with Crippen LogP contribution in [0.2, 0.25) is 0 Å². The third-order valence-electron chi connectivity index (χ3n) is 3.18. The molecule has 2 amide bonds. The first-order chi connectivity index (χ1) is 8.59. The fourth-order valence-electron chi connectivity index (χ4n) is 2.09. The molecule has 1 heterocycles. The summed E-state index contributed by atoms with van der Waals surface area (Å²) in [5.74, 6) is -0.482. The number of carbonyl (C=O) groups excluding carboxylic acids is 2. The number of halogens is 1. The number of carbonyl (C=O) groups is 2. The van der Waals surface area contributed by atoms with Gasteiger partial charge in [0.1, 0.15) is 0 Å². The Morgan fingerprint density at radius 1 is 1.26 bits per heavy atom. The van der Waals surface area contributed by atoms with Gasteiger partial charge in [-0.2, -0.15) is 0 Å². The lowest BCUT2D eigenvalue weighted by atomic mass is 10.1. The van der Waals surface area contributed by atoms with E-state index in [9.17, 15) is 9.59 Å². The van der Waals surface area contributed by atoms with Crippen LogP contribution in [0.5, 0.6) is 0 Å². The van der Waals surface area contributed by atoms with E-state index >= 15 is 0 Å². The highest BCUT2D eigenvalue weighted by atomic mass is 35.5. The predicted molar refractivity (Wildman–Crippen MR) is 75.6 cm³/mol. The predicted octanol–water partition coefficient (Wildman–Crippen LogP) is 0.641. The van der Waals surface area contributed by atoms with Gasteiger partial charge in [-0.1, -0.05) is 0 Å². The second-order valence-corrected chi connectivity index (χ2v) is 4.49. The van der Waals surface area contributed by atoms with Crippen LogP contribution in [-0.4, -0.2) is 42.4 Å². The molecule has 0 aromatic heterocycles. The molecule has 1 aromatic carbocycles. The molecule has 0 spiro atoms. The highest BCUT2D eigenvalue weighted by Gasteiger charge is 2.23. The average Bonchev–Trinajstić information content (AvgIpc) is 2.38. The largest absolute Gasteiger partial charge is 0.366 e. The Kier molecular flexibility index (Phi) is 5.32. The summed E-state index contributed by atoms with van der Waals surface area (Å²) < 4.78 is 0. The van der Waals surface area contributed by atoms with E-state index in [1.165, 1.54) is 0 Å². The Morgan fingerprint density at radius 3 is 2.37 bits per heavy atom. The summed E-state index contributed by atoms with van der Waals surface area (Å²) in [6, 6.07) is 6.65. The fraction of sp³-hybridized carbons (Fsp3) is 0.385. The number of amides is 2. The zero-order valence-electron chi connectivity index (χ0n) is 10.8. The van der Waals surface area contributed by atoms with Crippen molar-refractivity contribution in [2.45, 2.75) is 13.0 Å². The number of hydrogen-bond acceptors (Lipinski definition) is 3. The highest BCUT2D eigenvalue weighted by Crippen LogP contribution is 2.11. The molecule has 1 atom stereocenters. The van der Waals surface area contributed by atoms with Crippen molar-refractivity contribution in [3.63, 3.8) is 0 Å². The van der Waals surface area contributed by atoms with E-state index in [-0.39, 0.29) is 24.4 Å². The van der Waals surface area contributed by atoms with Crippen LogP contribution in [0.1, 0.15) is 27.6 Å². The highest BCUT2D eigenvalue weighted by molar-refractivity contribution is 5.97. The van der Waals surface area contributed by atoms with Gasteiger partial charge in [0.25, 0.3) is 5.91 Å². The Hall–Kier alpha value is -1.59. The van der Waals surface area contributed by atoms with Crippen molar-refractivity contribution in [3.05, 3.63) is 35.4 Å². The van der Waals surface area contributed by atoms with Gasteiger partial charge in [0.05, 0.1) is 0 Å². The molecule has 1 aliphatic heterocycles. The Morgan fingerprint density at radius 2 is 1.84 bits per heavy atom. The van der Waals surface area contributed by atoms with Gasteiger partial charge in [-0.25, -0.2) is 0 Å². The van der Waals surface area contributed by atoms with Crippen molar-refractivity contribution in [1.82, 2.24) is 10.2 Å². The molecule has 1 saturated heterocycles. The van der Waals surface area contributed by atoms with E-state index in [1.807, 2.05) is 11.8 Å². The molecule has 2 rings (SSSR count). The smallest absolute Gasteiger partial charge is 0.254 e. The topological polar surface area (TPSA) is 75.4 Å². The molecule has 1 aliphatic rings. The molecular formula is C13H18ClN3O2. The third kappa shape index (κ3) is 3.45. The second kappa shape index (κ2) is 6.54. The lowest BCUT2D eigenvalue weighted by molar-refractivity contribution is 0.0655. The van der Waals surface area contributed by atoms with Crippen LogP contribution in [0.3, 0.4) is 0 Å². The summed E-state index contributed by atoms with van der Waals surface area (Å²) >= 11 is 0. The molecule has 19 heavy (non-hydrogen) atoms. The maximum absolute atomic E-state index is 12.3. The molecule has 1 unspecified atom stereocenters. The number of rotatable bonds is 2. The minimum absolute atomic E-state index is 0. The van der Waals surface area contributed by atoms with Gasteiger partial charge in [0.15, 0.2) is 0 Å². The number of primary amides is 1. The summed E-state index contributed by atoms with van der Waals surface area (Å²) in [4.78, 5) is 25.1. The van der Waals surface area contributed by atoms with Crippen LogP contribution in [0.4, 0.5) is 0 Å². The van der Waals surface area contributed by atoms with Crippen molar-refractivity contribution in [2.75, 3.05) is 19.6 Å². The van der Waals surface area contributed by atoms with Crippen LogP contribution in [-0.2, 0) is 0 Å². The SMILES string of the molecule is CC1CNCCN1C(=O)c1ccc(C(N)=O)cc1.Cl. The summed E-state index contributed by atoms with van der Waals surface area (Å²) in [6.07, 6.45) is 0. The number of piperazine rings is 1. The first-order valence-corrected chi connectivity index (χ1v) is 6.01. The van der Waals surface area contributed by atoms with Gasteiger partial charge in [-0.05, 0) is 31.2 Å². The molecule has 3 N–H and O–H groups in total. The van der Waals surface area contributed by atoms with Crippen molar-refractivity contribution in [3.8, 4) is 0 Å². The first-order valence-electron chi connectivity index (χ1n) is 6.01. The monoisotopic (exact) mass is 283 g/mol. The lowest BCUT2D eigenvalue weighted by Gasteiger charge is -2.34. The van der Waals surface area contributed by atoms with Crippen LogP contribution < -0.4 is 11.1 Å². The summed E-state index contributed by atoms with van der Waals surface area (Å²) in [5, 5.41) is 3.24. The van der Waals surface area contributed by atoms with E-state index in [0.29, 0.717) is 17.7 Å². The Balaban J connectivity index is 0.00000180. The van der Waals surface area contributed by atoms with Crippen LogP contribution in [0.25, 0.3) is 0 Å². The quantitative estimate of drug-likeness (QED) is 0.836. The molecule has 104 valence electrons. The Labute approximate surface area is 118 Å². The van der Waals surface area contributed by atoms with E-state index in [2.05, 4.69) is 5.32 Å². The van der Waals surface area contributed by atoms with Crippen molar-refractivity contribution < 1.29 is 9.59 Å².